The highest BCUT2D eigenvalue weighted by Crippen LogP contribution is 2.25. The molecule has 24 heavy (non-hydrogen) atoms. The number of hydrogen-bond acceptors (Lipinski definition) is 2. The Labute approximate surface area is 144 Å². The van der Waals surface area contributed by atoms with Gasteiger partial charge in [-0.05, 0) is 68.1 Å². The van der Waals surface area contributed by atoms with E-state index >= 15 is 0 Å². The number of rotatable bonds is 2. The largest absolute Gasteiger partial charge is 0.341 e. The minimum absolute atomic E-state index is 0.143. The molecule has 0 aromatic heterocycles. The highest BCUT2D eigenvalue weighted by Gasteiger charge is 2.27. The van der Waals surface area contributed by atoms with Crippen LogP contribution in [0.25, 0.3) is 0 Å². The van der Waals surface area contributed by atoms with E-state index in [0.717, 1.165) is 31.2 Å². The molecule has 1 fully saturated rings. The first kappa shape index (κ1) is 17.0. The standard InChI is InChI=1S/C20H28N2O2/c1-14-6-5-11-22(13-14)20(24)19(23)21-15(2)17-10-9-16-7-3-4-8-18(16)12-17/h9-10,12,14-15H,3-8,11,13H2,1-2H3,(H,21,23). The molecule has 1 aromatic rings. The molecule has 2 unspecified atom stereocenters. The van der Waals surface area contributed by atoms with Gasteiger partial charge < -0.3 is 10.2 Å². The zero-order valence-electron chi connectivity index (χ0n) is 14.8. The molecule has 1 saturated heterocycles. The van der Waals surface area contributed by atoms with Crippen molar-refractivity contribution in [3.05, 3.63) is 34.9 Å². The Kier molecular flexibility index (Phi) is 5.22. The maximum Gasteiger partial charge on any atom is 0.311 e. The number of nitrogens with one attached hydrogen (secondary N) is 1. The van der Waals surface area contributed by atoms with Gasteiger partial charge in [0, 0.05) is 13.1 Å². The predicted octanol–water partition coefficient (Wildman–Crippen LogP) is 3.00. The van der Waals surface area contributed by atoms with Crippen LogP contribution in [0.4, 0.5) is 0 Å². The SMILES string of the molecule is CC1CCCN(C(=O)C(=O)NC(C)c2ccc3c(c2)CCCC3)C1. The van der Waals surface area contributed by atoms with Gasteiger partial charge in [0.1, 0.15) is 0 Å². The lowest BCUT2D eigenvalue weighted by molar-refractivity contribution is -0.147. The fourth-order valence-corrected chi connectivity index (χ4v) is 3.88. The molecular formula is C20H28N2O2. The fraction of sp³-hybridized carbons (Fsp3) is 0.600. The molecule has 1 aliphatic heterocycles. The Morgan fingerprint density at radius 2 is 1.92 bits per heavy atom. The van der Waals surface area contributed by atoms with E-state index in [-0.39, 0.29) is 11.9 Å². The first-order valence-electron chi connectivity index (χ1n) is 9.26. The van der Waals surface area contributed by atoms with Gasteiger partial charge in [-0.25, -0.2) is 0 Å². The summed E-state index contributed by atoms with van der Waals surface area (Å²) in [6.45, 7) is 5.48. The molecular weight excluding hydrogens is 300 g/mol. The number of nitrogens with zero attached hydrogens (tertiary/aromatic N) is 1. The van der Waals surface area contributed by atoms with Crippen molar-refractivity contribution < 1.29 is 9.59 Å². The molecule has 0 spiro atoms. The van der Waals surface area contributed by atoms with Crippen LogP contribution in [-0.4, -0.2) is 29.8 Å². The van der Waals surface area contributed by atoms with Crippen LogP contribution in [0.5, 0.6) is 0 Å². The van der Waals surface area contributed by atoms with Gasteiger partial charge in [0.25, 0.3) is 0 Å². The van der Waals surface area contributed by atoms with Crippen molar-refractivity contribution in [2.24, 2.45) is 5.92 Å². The van der Waals surface area contributed by atoms with Crippen molar-refractivity contribution in [1.82, 2.24) is 10.2 Å². The second kappa shape index (κ2) is 7.37. The summed E-state index contributed by atoms with van der Waals surface area (Å²) in [6, 6.07) is 6.33. The first-order chi connectivity index (χ1) is 11.5. The van der Waals surface area contributed by atoms with Crippen LogP contribution in [0, 0.1) is 5.92 Å². The van der Waals surface area contributed by atoms with E-state index in [1.165, 1.54) is 24.0 Å². The number of carbonyl (C=O) groups is 2. The molecule has 1 heterocycles. The molecule has 0 radical (unpaired) electrons. The quantitative estimate of drug-likeness (QED) is 0.849. The van der Waals surface area contributed by atoms with Crippen molar-refractivity contribution in [3.63, 3.8) is 0 Å². The third-order valence-electron chi connectivity index (χ3n) is 5.36. The molecule has 4 heteroatoms. The van der Waals surface area contributed by atoms with Crippen LogP contribution < -0.4 is 5.32 Å². The number of fused-ring (bicyclic) bond motifs is 1. The number of aryl methyl sites for hydroxylation is 2. The molecule has 4 nitrogen and oxygen atoms in total. The number of piperidine rings is 1. The summed E-state index contributed by atoms with van der Waals surface area (Å²) in [6.07, 6.45) is 6.90. The Balaban J connectivity index is 1.62. The van der Waals surface area contributed by atoms with Gasteiger partial charge in [0.05, 0.1) is 6.04 Å². The third-order valence-corrected chi connectivity index (χ3v) is 5.36. The van der Waals surface area contributed by atoms with E-state index in [4.69, 9.17) is 0 Å². The molecule has 2 aliphatic rings. The number of benzene rings is 1. The van der Waals surface area contributed by atoms with Crippen molar-refractivity contribution in [3.8, 4) is 0 Å². The van der Waals surface area contributed by atoms with Gasteiger partial charge in [0.2, 0.25) is 0 Å². The topological polar surface area (TPSA) is 49.4 Å². The molecule has 3 rings (SSSR count). The monoisotopic (exact) mass is 328 g/mol. The lowest BCUT2D eigenvalue weighted by Gasteiger charge is -2.30. The van der Waals surface area contributed by atoms with Crippen LogP contribution in [0.1, 0.15) is 62.3 Å². The molecule has 1 aromatic carbocycles. The van der Waals surface area contributed by atoms with Gasteiger partial charge in [-0.15, -0.1) is 0 Å². The van der Waals surface area contributed by atoms with Gasteiger partial charge >= 0.3 is 11.8 Å². The van der Waals surface area contributed by atoms with Crippen LogP contribution in [0.2, 0.25) is 0 Å². The second-order valence-corrected chi connectivity index (χ2v) is 7.43. The maximum absolute atomic E-state index is 12.4. The van der Waals surface area contributed by atoms with Crippen molar-refractivity contribution >= 4 is 11.8 Å². The van der Waals surface area contributed by atoms with E-state index in [0.29, 0.717) is 19.0 Å². The van der Waals surface area contributed by atoms with E-state index in [2.05, 4.69) is 30.4 Å². The van der Waals surface area contributed by atoms with Crippen LogP contribution in [-0.2, 0) is 22.4 Å². The fourth-order valence-electron chi connectivity index (χ4n) is 3.88. The Hall–Kier alpha value is -1.84. The highest BCUT2D eigenvalue weighted by atomic mass is 16.2. The number of amides is 2. The number of carbonyl (C=O) groups excluding carboxylic acids is 2. The third kappa shape index (κ3) is 3.80. The summed E-state index contributed by atoms with van der Waals surface area (Å²) in [5.41, 5.74) is 3.92. The minimum Gasteiger partial charge on any atom is -0.341 e. The van der Waals surface area contributed by atoms with Gasteiger partial charge in [0.15, 0.2) is 0 Å². The van der Waals surface area contributed by atoms with Gasteiger partial charge in [-0.2, -0.15) is 0 Å². The van der Waals surface area contributed by atoms with E-state index in [1.54, 1.807) is 4.90 Å². The van der Waals surface area contributed by atoms with Crippen LogP contribution in [0.15, 0.2) is 18.2 Å². The summed E-state index contributed by atoms with van der Waals surface area (Å²) < 4.78 is 0. The minimum atomic E-state index is -0.477. The maximum atomic E-state index is 12.4. The summed E-state index contributed by atoms with van der Waals surface area (Å²) in [5.74, 6) is -0.380. The molecule has 2 atom stereocenters. The molecule has 0 saturated carbocycles. The van der Waals surface area contributed by atoms with Crippen molar-refractivity contribution in [2.45, 2.75) is 58.4 Å². The van der Waals surface area contributed by atoms with Gasteiger partial charge in [-0.3, -0.25) is 9.59 Å². The average Bonchev–Trinajstić information content (AvgIpc) is 2.60. The summed E-state index contributed by atoms with van der Waals surface area (Å²) in [7, 11) is 0. The molecule has 1 N–H and O–H groups in total. The summed E-state index contributed by atoms with van der Waals surface area (Å²) in [5, 5.41) is 2.88. The highest BCUT2D eigenvalue weighted by molar-refractivity contribution is 6.35. The van der Waals surface area contributed by atoms with E-state index in [1.807, 2.05) is 6.92 Å². The molecule has 2 amide bonds. The van der Waals surface area contributed by atoms with Crippen LogP contribution >= 0.6 is 0 Å². The lowest BCUT2D eigenvalue weighted by Crippen LogP contribution is -2.47. The molecule has 1 aliphatic carbocycles. The smallest absolute Gasteiger partial charge is 0.311 e. The Morgan fingerprint density at radius 3 is 2.67 bits per heavy atom. The first-order valence-corrected chi connectivity index (χ1v) is 9.26. The number of likely N-dealkylation sites (tertiary alicyclic amines) is 1. The molecule has 0 bridgehead atoms. The zero-order valence-corrected chi connectivity index (χ0v) is 14.8. The van der Waals surface area contributed by atoms with E-state index < -0.39 is 5.91 Å². The summed E-state index contributed by atoms with van der Waals surface area (Å²) >= 11 is 0. The van der Waals surface area contributed by atoms with Crippen LogP contribution in [0.3, 0.4) is 0 Å². The van der Waals surface area contributed by atoms with E-state index in [9.17, 15) is 9.59 Å². The van der Waals surface area contributed by atoms with Crippen molar-refractivity contribution in [1.29, 1.82) is 0 Å². The number of hydrogen-bond donors (Lipinski definition) is 1. The summed E-state index contributed by atoms with van der Waals surface area (Å²) in [4.78, 5) is 26.4. The Bertz CT molecular complexity index is 626. The zero-order chi connectivity index (χ0) is 17.1. The van der Waals surface area contributed by atoms with Gasteiger partial charge in [-0.1, -0.05) is 25.1 Å². The van der Waals surface area contributed by atoms with Crippen molar-refractivity contribution in [2.75, 3.05) is 13.1 Å². The second-order valence-electron chi connectivity index (χ2n) is 7.43. The Morgan fingerprint density at radius 1 is 1.17 bits per heavy atom. The average molecular weight is 328 g/mol. The normalized spacial score (nSPS) is 21.8. The molecule has 130 valence electrons. The lowest BCUT2D eigenvalue weighted by atomic mass is 9.89. The predicted molar refractivity (Wildman–Crippen MR) is 94.6 cm³/mol.